The zero-order chi connectivity index (χ0) is 13.8. The SMILES string of the molecule is CCCn1cc(O)c(=O)cc1CN1CCCC(C)C1. The van der Waals surface area contributed by atoms with E-state index in [1.165, 1.54) is 12.8 Å². The number of aryl methyl sites for hydroxylation is 1. The van der Waals surface area contributed by atoms with Gasteiger partial charge in [-0.05, 0) is 31.7 Å². The van der Waals surface area contributed by atoms with Crippen molar-refractivity contribution in [1.82, 2.24) is 9.47 Å². The van der Waals surface area contributed by atoms with Crippen LogP contribution in [-0.4, -0.2) is 27.7 Å². The number of hydrogen-bond donors (Lipinski definition) is 1. The second-order valence-electron chi connectivity index (χ2n) is 5.69. The molecule has 2 rings (SSSR count). The van der Waals surface area contributed by atoms with Crippen LogP contribution < -0.4 is 5.43 Å². The molecule has 0 amide bonds. The highest BCUT2D eigenvalue weighted by atomic mass is 16.3. The zero-order valence-corrected chi connectivity index (χ0v) is 11.9. The van der Waals surface area contributed by atoms with Crippen LogP contribution in [0.3, 0.4) is 0 Å². The third-order valence-electron chi connectivity index (χ3n) is 3.79. The minimum atomic E-state index is -0.271. The van der Waals surface area contributed by atoms with E-state index in [2.05, 4.69) is 18.7 Å². The van der Waals surface area contributed by atoms with Crippen LogP contribution in [-0.2, 0) is 13.1 Å². The number of likely N-dealkylation sites (tertiary alicyclic amines) is 1. The Hall–Kier alpha value is -1.29. The van der Waals surface area contributed by atoms with Crippen molar-refractivity contribution < 1.29 is 5.11 Å². The van der Waals surface area contributed by atoms with E-state index >= 15 is 0 Å². The first-order valence-electron chi connectivity index (χ1n) is 7.24. The number of rotatable bonds is 4. The van der Waals surface area contributed by atoms with Crippen molar-refractivity contribution in [3.05, 3.63) is 28.2 Å². The molecule has 4 nitrogen and oxygen atoms in total. The second-order valence-corrected chi connectivity index (χ2v) is 5.69. The van der Waals surface area contributed by atoms with Crippen LogP contribution in [0.25, 0.3) is 0 Å². The molecule has 0 spiro atoms. The number of nitrogens with zero attached hydrogens (tertiary/aromatic N) is 2. The maximum absolute atomic E-state index is 11.6. The minimum absolute atomic E-state index is 0.149. The van der Waals surface area contributed by atoms with E-state index < -0.39 is 0 Å². The summed E-state index contributed by atoms with van der Waals surface area (Å²) >= 11 is 0. The monoisotopic (exact) mass is 264 g/mol. The molecule has 4 heteroatoms. The van der Waals surface area contributed by atoms with Crippen molar-refractivity contribution in [2.45, 2.75) is 46.2 Å². The number of hydrogen-bond acceptors (Lipinski definition) is 3. The average Bonchev–Trinajstić information content (AvgIpc) is 2.36. The zero-order valence-electron chi connectivity index (χ0n) is 11.9. The molecule has 0 aromatic carbocycles. The van der Waals surface area contributed by atoms with Gasteiger partial charge in [0.05, 0.1) is 6.20 Å². The molecule has 0 bridgehead atoms. The maximum atomic E-state index is 11.6. The van der Waals surface area contributed by atoms with Crippen LogP contribution in [0.1, 0.15) is 38.8 Å². The molecule has 0 saturated carbocycles. The predicted octanol–water partition coefficient (Wildman–Crippen LogP) is 2.20. The number of piperidine rings is 1. The molecule has 1 atom stereocenters. The molecular weight excluding hydrogens is 240 g/mol. The standard InChI is InChI=1S/C15H24N2O2/c1-3-6-17-11-15(19)14(18)8-13(17)10-16-7-4-5-12(2)9-16/h8,11-12,19H,3-7,9-10H2,1-2H3. The predicted molar refractivity (Wildman–Crippen MR) is 76.3 cm³/mol. The highest BCUT2D eigenvalue weighted by Crippen LogP contribution is 2.18. The van der Waals surface area contributed by atoms with Crippen molar-refractivity contribution in [3.8, 4) is 5.75 Å². The van der Waals surface area contributed by atoms with E-state index in [1.54, 1.807) is 12.3 Å². The van der Waals surface area contributed by atoms with Gasteiger partial charge in [0.25, 0.3) is 0 Å². The average molecular weight is 264 g/mol. The summed E-state index contributed by atoms with van der Waals surface area (Å²) in [6.45, 7) is 8.23. The Bertz CT molecular complexity index is 482. The summed E-state index contributed by atoms with van der Waals surface area (Å²) in [7, 11) is 0. The number of pyridine rings is 1. The summed E-state index contributed by atoms with van der Waals surface area (Å²) in [6, 6.07) is 1.59. The topological polar surface area (TPSA) is 45.5 Å². The Labute approximate surface area is 114 Å². The van der Waals surface area contributed by atoms with E-state index in [1.807, 2.05) is 4.57 Å². The first-order chi connectivity index (χ1) is 9.10. The third kappa shape index (κ3) is 3.60. The van der Waals surface area contributed by atoms with E-state index in [9.17, 15) is 9.90 Å². The van der Waals surface area contributed by atoms with Crippen molar-refractivity contribution >= 4 is 0 Å². The van der Waals surface area contributed by atoms with Crippen molar-refractivity contribution in [2.24, 2.45) is 5.92 Å². The number of aromatic nitrogens is 1. The van der Waals surface area contributed by atoms with Gasteiger partial charge in [-0.1, -0.05) is 13.8 Å². The minimum Gasteiger partial charge on any atom is -0.503 e. The fourth-order valence-electron chi connectivity index (χ4n) is 2.85. The fraction of sp³-hybridized carbons (Fsp3) is 0.667. The fourth-order valence-corrected chi connectivity index (χ4v) is 2.85. The largest absolute Gasteiger partial charge is 0.503 e. The molecule has 1 fully saturated rings. The lowest BCUT2D eigenvalue weighted by molar-refractivity contribution is 0.172. The molecule has 1 saturated heterocycles. The van der Waals surface area contributed by atoms with Gasteiger partial charge in [-0.15, -0.1) is 0 Å². The van der Waals surface area contributed by atoms with Gasteiger partial charge < -0.3 is 9.67 Å². The van der Waals surface area contributed by atoms with Gasteiger partial charge in [0.2, 0.25) is 5.43 Å². The van der Waals surface area contributed by atoms with Gasteiger partial charge in [-0.3, -0.25) is 9.69 Å². The van der Waals surface area contributed by atoms with Crippen molar-refractivity contribution in [2.75, 3.05) is 13.1 Å². The molecule has 1 unspecified atom stereocenters. The molecule has 0 aliphatic carbocycles. The van der Waals surface area contributed by atoms with Crippen molar-refractivity contribution in [1.29, 1.82) is 0 Å². The molecule has 0 radical (unpaired) electrons. The molecule has 1 aromatic rings. The summed E-state index contributed by atoms with van der Waals surface area (Å²) in [5, 5.41) is 9.55. The van der Waals surface area contributed by atoms with Crippen molar-refractivity contribution in [3.63, 3.8) is 0 Å². The van der Waals surface area contributed by atoms with E-state index in [0.29, 0.717) is 0 Å². The lowest BCUT2D eigenvalue weighted by Gasteiger charge is -2.31. The lowest BCUT2D eigenvalue weighted by Crippen LogP contribution is -2.35. The third-order valence-corrected chi connectivity index (χ3v) is 3.79. The summed E-state index contributed by atoms with van der Waals surface area (Å²) in [6.07, 6.45) is 5.10. The molecule has 1 aromatic heterocycles. The maximum Gasteiger partial charge on any atom is 0.223 e. The quantitative estimate of drug-likeness (QED) is 0.906. The Kier molecular flexibility index (Phi) is 4.64. The van der Waals surface area contributed by atoms with Gasteiger partial charge in [-0.25, -0.2) is 0 Å². The summed E-state index contributed by atoms with van der Waals surface area (Å²) < 4.78 is 2.01. The molecule has 1 N–H and O–H groups in total. The molecule has 19 heavy (non-hydrogen) atoms. The van der Waals surface area contributed by atoms with Gasteiger partial charge in [0, 0.05) is 31.4 Å². The van der Waals surface area contributed by atoms with Crippen LogP contribution in [0.5, 0.6) is 5.75 Å². The first-order valence-corrected chi connectivity index (χ1v) is 7.24. The van der Waals surface area contributed by atoms with E-state index in [-0.39, 0.29) is 11.2 Å². The Morgan fingerprint density at radius 2 is 2.26 bits per heavy atom. The highest BCUT2D eigenvalue weighted by molar-refractivity contribution is 5.20. The molecule has 1 aliphatic rings. The van der Waals surface area contributed by atoms with E-state index in [4.69, 9.17) is 0 Å². The lowest BCUT2D eigenvalue weighted by atomic mass is 10.0. The summed E-state index contributed by atoms with van der Waals surface area (Å²) in [5.41, 5.74) is 0.742. The van der Waals surface area contributed by atoms with Crippen LogP contribution >= 0.6 is 0 Å². The highest BCUT2D eigenvalue weighted by Gasteiger charge is 2.17. The molecule has 2 heterocycles. The van der Waals surface area contributed by atoms with Crippen LogP contribution in [0.2, 0.25) is 0 Å². The first kappa shape index (κ1) is 14.1. The van der Waals surface area contributed by atoms with Gasteiger partial charge in [0.1, 0.15) is 0 Å². The Morgan fingerprint density at radius 1 is 1.47 bits per heavy atom. The normalized spacial score (nSPS) is 20.6. The van der Waals surface area contributed by atoms with Crippen LogP contribution in [0.15, 0.2) is 17.1 Å². The summed E-state index contributed by atoms with van der Waals surface area (Å²) in [5.74, 6) is 0.585. The van der Waals surface area contributed by atoms with Gasteiger partial charge >= 0.3 is 0 Å². The van der Waals surface area contributed by atoms with Crippen LogP contribution in [0, 0.1) is 5.92 Å². The Balaban J connectivity index is 2.18. The summed E-state index contributed by atoms with van der Waals surface area (Å²) in [4.78, 5) is 14.0. The second kappa shape index (κ2) is 6.24. The molecular formula is C15H24N2O2. The van der Waals surface area contributed by atoms with Crippen LogP contribution in [0.4, 0.5) is 0 Å². The molecule has 106 valence electrons. The number of aromatic hydroxyl groups is 1. The van der Waals surface area contributed by atoms with Gasteiger partial charge in [-0.2, -0.15) is 0 Å². The van der Waals surface area contributed by atoms with Gasteiger partial charge in [0.15, 0.2) is 5.75 Å². The van der Waals surface area contributed by atoms with E-state index in [0.717, 1.165) is 44.2 Å². The molecule has 1 aliphatic heterocycles. The Morgan fingerprint density at radius 3 is 2.95 bits per heavy atom. The smallest absolute Gasteiger partial charge is 0.223 e.